The summed E-state index contributed by atoms with van der Waals surface area (Å²) in [5.74, 6) is -0.0113. The van der Waals surface area contributed by atoms with Crippen molar-refractivity contribution in [2.45, 2.75) is 0 Å². The highest BCUT2D eigenvalue weighted by molar-refractivity contribution is 7.90. The van der Waals surface area contributed by atoms with Gasteiger partial charge in [-0.25, -0.2) is 0 Å². The Morgan fingerprint density at radius 2 is 1.52 bits per heavy atom. The molecule has 0 atom stereocenters. The molecule has 1 aliphatic heterocycles. The highest BCUT2D eigenvalue weighted by Gasteiger charge is 2.23. The number of carbonyl (C=O) groups excluding carboxylic acids is 1. The van der Waals surface area contributed by atoms with Gasteiger partial charge in [-0.2, -0.15) is 12.7 Å². The molecule has 0 spiro atoms. The zero-order chi connectivity index (χ0) is 17.2. The average molecular weight is 340 g/mol. The van der Waals surface area contributed by atoms with Gasteiger partial charge in [-0.15, -0.1) is 0 Å². The molecule has 1 aromatic rings. The van der Waals surface area contributed by atoms with E-state index in [0.29, 0.717) is 24.3 Å². The molecule has 1 aliphatic rings. The van der Waals surface area contributed by atoms with E-state index >= 15 is 0 Å². The summed E-state index contributed by atoms with van der Waals surface area (Å²) in [7, 11) is 2.97. The third-order valence-corrected chi connectivity index (χ3v) is 5.90. The van der Waals surface area contributed by atoms with E-state index < -0.39 is 10.2 Å². The molecule has 2 rings (SSSR count). The number of benzene rings is 1. The van der Waals surface area contributed by atoms with Gasteiger partial charge in [-0.3, -0.25) is 9.10 Å². The van der Waals surface area contributed by atoms with Crippen LogP contribution in [0, 0.1) is 0 Å². The second kappa shape index (κ2) is 6.86. The zero-order valence-corrected chi connectivity index (χ0v) is 14.9. The van der Waals surface area contributed by atoms with Crippen LogP contribution in [-0.2, 0) is 10.2 Å². The van der Waals surface area contributed by atoms with Crippen LogP contribution in [0.3, 0.4) is 0 Å². The molecule has 1 amide bonds. The molecule has 0 bridgehead atoms. The molecule has 128 valence electrons. The molecule has 1 aromatic carbocycles. The van der Waals surface area contributed by atoms with Crippen molar-refractivity contribution in [2.75, 3.05) is 58.7 Å². The minimum Gasteiger partial charge on any atom is -0.336 e. The lowest BCUT2D eigenvalue weighted by Gasteiger charge is -2.32. The number of amides is 1. The van der Waals surface area contributed by atoms with Gasteiger partial charge in [-0.1, -0.05) is 0 Å². The summed E-state index contributed by atoms with van der Waals surface area (Å²) >= 11 is 0. The van der Waals surface area contributed by atoms with E-state index in [4.69, 9.17) is 0 Å². The second-order valence-electron chi connectivity index (χ2n) is 5.90. The summed E-state index contributed by atoms with van der Waals surface area (Å²) in [6, 6.07) is 6.67. The van der Waals surface area contributed by atoms with Gasteiger partial charge < -0.3 is 9.80 Å². The van der Waals surface area contributed by atoms with E-state index in [1.165, 1.54) is 25.4 Å². The number of likely N-dealkylation sites (N-methyl/N-ethyl adjacent to an activating group) is 1. The number of piperazine rings is 1. The third-order valence-electron chi connectivity index (χ3n) is 4.08. The maximum Gasteiger partial charge on any atom is 0.303 e. The molecule has 1 heterocycles. The minimum absolute atomic E-state index is 0.0113. The maximum atomic E-state index is 12.5. The molecule has 0 aromatic heterocycles. The van der Waals surface area contributed by atoms with Crippen LogP contribution in [0.2, 0.25) is 0 Å². The van der Waals surface area contributed by atoms with Gasteiger partial charge in [0.25, 0.3) is 5.91 Å². The first-order valence-corrected chi connectivity index (χ1v) is 8.87. The number of rotatable bonds is 4. The van der Waals surface area contributed by atoms with Crippen LogP contribution in [0.15, 0.2) is 24.3 Å². The fourth-order valence-corrected chi connectivity index (χ4v) is 3.26. The predicted molar refractivity (Wildman–Crippen MR) is 90.9 cm³/mol. The maximum absolute atomic E-state index is 12.5. The highest BCUT2D eigenvalue weighted by atomic mass is 32.2. The summed E-state index contributed by atoms with van der Waals surface area (Å²) in [5, 5.41) is 0. The van der Waals surface area contributed by atoms with Crippen LogP contribution in [0.4, 0.5) is 5.69 Å². The molecule has 23 heavy (non-hydrogen) atoms. The number of hydrogen-bond acceptors (Lipinski definition) is 4. The van der Waals surface area contributed by atoms with Gasteiger partial charge in [0.15, 0.2) is 0 Å². The smallest absolute Gasteiger partial charge is 0.303 e. The standard InChI is InChI=1S/C15H24N4O3S/c1-16(2)23(21,22)18(4)14-7-5-13(6-8-14)15(20)19-11-9-17(3)10-12-19/h5-8H,9-12H2,1-4H3. The molecule has 0 aliphatic carbocycles. The van der Waals surface area contributed by atoms with Crippen LogP contribution in [-0.4, -0.2) is 82.8 Å². The lowest BCUT2D eigenvalue weighted by atomic mass is 10.1. The van der Waals surface area contributed by atoms with Crippen molar-refractivity contribution in [1.82, 2.24) is 14.1 Å². The lowest BCUT2D eigenvalue weighted by Crippen LogP contribution is -2.47. The minimum atomic E-state index is -3.52. The van der Waals surface area contributed by atoms with Crippen molar-refractivity contribution >= 4 is 21.8 Å². The first-order chi connectivity index (χ1) is 10.7. The topological polar surface area (TPSA) is 64.2 Å². The monoisotopic (exact) mass is 340 g/mol. The molecule has 0 N–H and O–H groups in total. The fourth-order valence-electron chi connectivity index (χ4n) is 2.38. The molecule has 0 unspecified atom stereocenters. The Labute approximate surface area is 138 Å². The Bertz CT molecular complexity index is 650. The Kier molecular flexibility index (Phi) is 5.28. The molecule has 8 heteroatoms. The van der Waals surface area contributed by atoms with E-state index in [1.807, 2.05) is 11.9 Å². The molecule has 7 nitrogen and oxygen atoms in total. The molecule has 1 saturated heterocycles. The van der Waals surface area contributed by atoms with Gasteiger partial charge in [0.05, 0.1) is 5.69 Å². The number of anilines is 1. The molecular formula is C15H24N4O3S. The van der Waals surface area contributed by atoms with Gasteiger partial charge >= 0.3 is 10.2 Å². The summed E-state index contributed by atoms with van der Waals surface area (Å²) in [6.07, 6.45) is 0. The molecule has 0 radical (unpaired) electrons. The number of carbonyl (C=O) groups is 1. The van der Waals surface area contributed by atoms with Crippen molar-refractivity contribution in [3.8, 4) is 0 Å². The first-order valence-electron chi connectivity index (χ1n) is 7.47. The van der Waals surface area contributed by atoms with Crippen LogP contribution >= 0.6 is 0 Å². The summed E-state index contributed by atoms with van der Waals surface area (Å²) < 4.78 is 26.5. The van der Waals surface area contributed by atoms with Crippen LogP contribution in [0.1, 0.15) is 10.4 Å². The van der Waals surface area contributed by atoms with Gasteiger partial charge in [0, 0.05) is 52.9 Å². The largest absolute Gasteiger partial charge is 0.336 e. The van der Waals surface area contributed by atoms with Crippen molar-refractivity contribution in [3.05, 3.63) is 29.8 Å². The van der Waals surface area contributed by atoms with Crippen molar-refractivity contribution in [1.29, 1.82) is 0 Å². The Hall–Kier alpha value is -1.64. The van der Waals surface area contributed by atoms with Crippen LogP contribution in [0.5, 0.6) is 0 Å². The highest BCUT2D eigenvalue weighted by Crippen LogP contribution is 2.19. The first kappa shape index (κ1) is 17.7. The van der Waals surface area contributed by atoms with E-state index in [0.717, 1.165) is 17.4 Å². The number of hydrogen-bond donors (Lipinski definition) is 0. The van der Waals surface area contributed by atoms with E-state index in [9.17, 15) is 13.2 Å². The predicted octanol–water partition coefficient (Wildman–Crippen LogP) is 0.317. The molecular weight excluding hydrogens is 316 g/mol. The van der Waals surface area contributed by atoms with Crippen molar-refractivity contribution < 1.29 is 13.2 Å². The zero-order valence-electron chi connectivity index (χ0n) is 14.1. The van der Waals surface area contributed by atoms with E-state index in [2.05, 4.69) is 4.90 Å². The summed E-state index contributed by atoms with van der Waals surface area (Å²) in [4.78, 5) is 16.5. The fraction of sp³-hybridized carbons (Fsp3) is 0.533. The van der Waals surface area contributed by atoms with Crippen molar-refractivity contribution in [2.24, 2.45) is 0 Å². The third kappa shape index (κ3) is 3.82. The van der Waals surface area contributed by atoms with Gasteiger partial charge in [0.1, 0.15) is 0 Å². The summed E-state index contributed by atoms with van der Waals surface area (Å²) in [6.45, 7) is 3.17. The Morgan fingerprint density at radius 1 is 1.00 bits per heavy atom. The normalized spacial score (nSPS) is 16.7. The molecule has 1 fully saturated rings. The van der Waals surface area contributed by atoms with Crippen molar-refractivity contribution in [3.63, 3.8) is 0 Å². The summed E-state index contributed by atoms with van der Waals surface area (Å²) in [5.41, 5.74) is 1.10. The van der Waals surface area contributed by atoms with E-state index in [-0.39, 0.29) is 5.91 Å². The average Bonchev–Trinajstić information content (AvgIpc) is 2.54. The number of nitrogens with zero attached hydrogens (tertiary/aromatic N) is 4. The van der Waals surface area contributed by atoms with Crippen LogP contribution < -0.4 is 4.31 Å². The Balaban J connectivity index is 2.12. The quantitative estimate of drug-likeness (QED) is 0.792. The van der Waals surface area contributed by atoms with E-state index in [1.54, 1.807) is 24.3 Å². The van der Waals surface area contributed by atoms with Gasteiger partial charge in [-0.05, 0) is 31.3 Å². The second-order valence-corrected chi connectivity index (χ2v) is 8.07. The Morgan fingerprint density at radius 3 is 2.00 bits per heavy atom. The van der Waals surface area contributed by atoms with Gasteiger partial charge in [0.2, 0.25) is 0 Å². The lowest BCUT2D eigenvalue weighted by molar-refractivity contribution is 0.0664. The van der Waals surface area contributed by atoms with Crippen LogP contribution in [0.25, 0.3) is 0 Å². The SMILES string of the molecule is CN1CCN(C(=O)c2ccc(N(C)S(=O)(=O)N(C)C)cc2)CC1. The molecule has 0 saturated carbocycles.